The maximum atomic E-state index is 13.9. The first-order valence-electron chi connectivity index (χ1n) is 6.67. The van der Waals surface area contributed by atoms with Gasteiger partial charge in [0.05, 0.1) is 12.2 Å². The van der Waals surface area contributed by atoms with Gasteiger partial charge < -0.3 is 5.11 Å². The molecule has 1 fully saturated rings. The highest BCUT2D eigenvalue weighted by Gasteiger charge is 2.30. The van der Waals surface area contributed by atoms with Crippen LogP contribution >= 0.6 is 11.6 Å². The summed E-state index contributed by atoms with van der Waals surface area (Å²) >= 11 is 6.01. The lowest BCUT2D eigenvalue weighted by atomic mass is 9.82. The van der Waals surface area contributed by atoms with E-state index in [9.17, 15) is 14.3 Å². The largest absolute Gasteiger partial charge is 0.476 e. The van der Waals surface area contributed by atoms with E-state index < -0.39 is 11.8 Å². The predicted octanol–water partition coefficient (Wildman–Crippen LogP) is 3.08. The second kappa shape index (κ2) is 5.44. The second-order valence-electron chi connectivity index (χ2n) is 5.11. The molecule has 7 heteroatoms. The van der Waals surface area contributed by atoms with Gasteiger partial charge in [0.1, 0.15) is 5.82 Å². The zero-order valence-electron chi connectivity index (χ0n) is 11.1. The number of rotatable bonds is 4. The Bertz CT molecular complexity index is 677. The minimum atomic E-state index is -1.11. The molecule has 2 aromatic rings. The van der Waals surface area contributed by atoms with Crippen molar-refractivity contribution in [2.75, 3.05) is 0 Å². The third kappa shape index (κ3) is 2.51. The topological polar surface area (TPSA) is 68.0 Å². The van der Waals surface area contributed by atoms with E-state index in [4.69, 9.17) is 11.6 Å². The molecule has 0 amide bonds. The molecule has 1 aromatic heterocycles. The number of carbonyl (C=O) groups is 1. The van der Waals surface area contributed by atoms with Gasteiger partial charge in [0.25, 0.3) is 0 Å². The summed E-state index contributed by atoms with van der Waals surface area (Å²) in [6.45, 7) is 0.0810. The Hall–Kier alpha value is -1.95. The third-order valence-electron chi connectivity index (χ3n) is 3.84. The fourth-order valence-corrected chi connectivity index (χ4v) is 2.73. The zero-order chi connectivity index (χ0) is 15.0. The van der Waals surface area contributed by atoms with Gasteiger partial charge in [-0.3, -0.25) is 0 Å². The van der Waals surface area contributed by atoms with Crippen LogP contribution in [0.1, 0.15) is 46.9 Å². The number of hydrogen-bond donors (Lipinski definition) is 1. The first kappa shape index (κ1) is 14.0. The Morgan fingerprint density at radius 3 is 2.81 bits per heavy atom. The number of benzene rings is 1. The molecule has 5 nitrogen and oxygen atoms in total. The summed E-state index contributed by atoms with van der Waals surface area (Å²) in [5.41, 5.74) is 0.807. The van der Waals surface area contributed by atoms with E-state index in [2.05, 4.69) is 10.3 Å². The summed E-state index contributed by atoms with van der Waals surface area (Å²) in [7, 11) is 0. The van der Waals surface area contributed by atoms with Crippen molar-refractivity contribution in [2.45, 2.75) is 31.7 Å². The highest BCUT2D eigenvalue weighted by Crippen LogP contribution is 2.38. The van der Waals surface area contributed by atoms with Crippen LogP contribution in [-0.4, -0.2) is 26.1 Å². The first-order chi connectivity index (χ1) is 10.1. The van der Waals surface area contributed by atoms with Gasteiger partial charge in [-0.2, -0.15) is 0 Å². The van der Waals surface area contributed by atoms with Crippen molar-refractivity contribution in [1.29, 1.82) is 0 Å². The summed E-state index contributed by atoms with van der Waals surface area (Å²) < 4.78 is 15.3. The predicted molar refractivity (Wildman–Crippen MR) is 74.1 cm³/mol. The number of hydrogen-bond acceptors (Lipinski definition) is 3. The minimum Gasteiger partial charge on any atom is -0.476 e. The van der Waals surface area contributed by atoms with Crippen LogP contribution in [0.2, 0.25) is 5.02 Å². The molecular formula is C14H13ClFN3O2. The van der Waals surface area contributed by atoms with Crippen molar-refractivity contribution in [3.8, 4) is 0 Å². The van der Waals surface area contributed by atoms with E-state index in [1.807, 2.05) is 0 Å². The van der Waals surface area contributed by atoms with Gasteiger partial charge in [0.2, 0.25) is 0 Å². The number of carboxylic acids is 1. The molecule has 0 bridgehead atoms. The van der Waals surface area contributed by atoms with Crippen molar-refractivity contribution in [3.05, 3.63) is 46.0 Å². The molecule has 1 aliphatic carbocycles. The van der Waals surface area contributed by atoms with E-state index in [-0.39, 0.29) is 18.2 Å². The standard InChI is InChI=1S/C14H13ClFN3O2/c15-10-5-2-6-11(16)9(10)7-19-13(8-3-1-4-8)12(14(20)21)17-18-19/h2,5-6,8H,1,3-4,7H2,(H,20,21). The van der Waals surface area contributed by atoms with Crippen LogP contribution < -0.4 is 0 Å². The van der Waals surface area contributed by atoms with Crippen molar-refractivity contribution in [2.24, 2.45) is 0 Å². The van der Waals surface area contributed by atoms with Crippen molar-refractivity contribution in [3.63, 3.8) is 0 Å². The Balaban J connectivity index is 2.01. The SMILES string of the molecule is O=C(O)c1nnn(Cc2c(F)cccc2Cl)c1C1CCC1. The lowest BCUT2D eigenvalue weighted by Gasteiger charge is -2.26. The van der Waals surface area contributed by atoms with Crippen LogP contribution in [0.25, 0.3) is 0 Å². The molecule has 1 aliphatic rings. The molecule has 3 rings (SSSR count). The molecule has 1 heterocycles. The van der Waals surface area contributed by atoms with Gasteiger partial charge in [-0.25, -0.2) is 13.9 Å². The molecular weight excluding hydrogens is 297 g/mol. The van der Waals surface area contributed by atoms with E-state index >= 15 is 0 Å². The van der Waals surface area contributed by atoms with Gasteiger partial charge in [-0.05, 0) is 25.0 Å². The lowest BCUT2D eigenvalue weighted by molar-refractivity contribution is 0.0687. The average Bonchev–Trinajstić information content (AvgIpc) is 2.76. The quantitative estimate of drug-likeness (QED) is 0.942. The number of aromatic nitrogens is 3. The van der Waals surface area contributed by atoms with Crippen LogP contribution in [0, 0.1) is 5.82 Å². The van der Waals surface area contributed by atoms with Crippen LogP contribution in [-0.2, 0) is 6.54 Å². The average molecular weight is 310 g/mol. The Labute approximate surface area is 125 Å². The smallest absolute Gasteiger partial charge is 0.358 e. The summed E-state index contributed by atoms with van der Waals surface area (Å²) in [5, 5.41) is 17.1. The fourth-order valence-electron chi connectivity index (χ4n) is 2.51. The van der Waals surface area contributed by atoms with Gasteiger partial charge in [-0.1, -0.05) is 29.3 Å². The normalized spacial score (nSPS) is 15.0. The molecule has 0 saturated heterocycles. The van der Waals surface area contributed by atoms with Gasteiger partial charge in [-0.15, -0.1) is 5.10 Å². The maximum absolute atomic E-state index is 13.9. The van der Waals surface area contributed by atoms with Gasteiger partial charge >= 0.3 is 5.97 Å². The van der Waals surface area contributed by atoms with Crippen molar-refractivity contribution < 1.29 is 14.3 Å². The fraction of sp³-hybridized carbons (Fsp3) is 0.357. The van der Waals surface area contributed by atoms with Crippen LogP contribution in [0.5, 0.6) is 0 Å². The summed E-state index contributed by atoms with van der Waals surface area (Å²) in [4.78, 5) is 11.2. The summed E-state index contributed by atoms with van der Waals surface area (Å²) in [5.74, 6) is -1.42. The second-order valence-corrected chi connectivity index (χ2v) is 5.52. The van der Waals surface area contributed by atoms with Crippen LogP contribution in [0.4, 0.5) is 4.39 Å². The molecule has 0 aliphatic heterocycles. The number of carboxylic acid groups (broad SMARTS) is 1. The molecule has 1 saturated carbocycles. The van der Waals surface area contributed by atoms with Crippen LogP contribution in [0.3, 0.4) is 0 Å². The monoisotopic (exact) mass is 309 g/mol. The molecule has 0 spiro atoms. The van der Waals surface area contributed by atoms with Crippen molar-refractivity contribution >= 4 is 17.6 Å². The number of halogens is 2. The Morgan fingerprint density at radius 2 is 2.24 bits per heavy atom. The maximum Gasteiger partial charge on any atom is 0.358 e. The summed E-state index contributed by atoms with van der Waals surface area (Å²) in [6, 6.07) is 4.44. The Kier molecular flexibility index (Phi) is 3.63. The lowest BCUT2D eigenvalue weighted by Crippen LogP contribution is -2.19. The minimum absolute atomic E-state index is 0.0489. The number of aromatic carboxylic acids is 1. The molecule has 21 heavy (non-hydrogen) atoms. The Morgan fingerprint density at radius 1 is 1.48 bits per heavy atom. The zero-order valence-corrected chi connectivity index (χ0v) is 11.8. The van der Waals surface area contributed by atoms with Gasteiger partial charge in [0, 0.05) is 16.5 Å². The van der Waals surface area contributed by atoms with E-state index in [1.165, 1.54) is 16.8 Å². The molecule has 0 atom stereocenters. The van der Waals surface area contributed by atoms with E-state index in [0.29, 0.717) is 16.3 Å². The highest BCUT2D eigenvalue weighted by molar-refractivity contribution is 6.31. The van der Waals surface area contributed by atoms with Crippen molar-refractivity contribution in [1.82, 2.24) is 15.0 Å². The third-order valence-corrected chi connectivity index (χ3v) is 4.19. The summed E-state index contributed by atoms with van der Waals surface area (Å²) in [6.07, 6.45) is 2.85. The molecule has 110 valence electrons. The van der Waals surface area contributed by atoms with E-state index in [0.717, 1.165) is 19.3 Å². The molecule has 0 radical (unpaired) electrons. The molecule has 1 aromatic carbocycles. The highest BCUT2D eigenvalue weighted by atomic mass is 35.5. The molecule has 0 unspecified atom stereocenters. The molecule has 1 N–H and O–H groups in total. The van der Waals surface area contributed by atoms with E-state index in [1.54, 1.807) is 6.07 Å². The van der Waals surface area contributed by atoms with Crippen LogP contribution in [0.15, 0.2) is 18.2 Å². The number of nitrogens with zero attached hydrogens (tertiary/aromatic N) is 3. The van der Waals surface area contributed by atoms with Gasteiger partial charge in [0.15, 0.2) is 5.69 Å². The first-order valence-corrected chi connectivity index (χ1v) is 7.05.